The van der Waals surface area contributed by atoms with Crippen LogP contribution in [-0.4, -0.2) is 35.8 Å². The van der Waals surface area contributed by atoms with E-state index in [0.717, 1.165) is 18.2 Å². The number of methoxy groups -OCH3 is 1. The van der Waals surface area contributed by atoms with Gasteiger partial charge in [-0.2, -0.15) is 0 Å². The smallest absolute Gasteiger partial charge is 0.334 e. The van der Waals surface area contributed by atoms with Crippen LogP contribution in [0.2, 0.25) is 0 Å². The number of carboxylic acids is 1. The van der Waals surface area contributed by atoms with Crippen LogP contribution in [-0.2, 0) is 9.53 Å². The number of non-ortho nitro benzene ring substituents is 1. The highest BCUT2D eigenvalue weighted by Crippen LogP contribution is 2.30. The van der Waals surface area contributed by atoms with Gasteiger partial charge >= 0.3 is 5.97 Å². The van der Waals surface area contributed by atoms with Crippen LogP contribution in [0.25, 0.3) is 0 Å². The number of nitrogens with zero attached hydrogens (tertiary/aromatic N) is 1. The molecule has 0 aliphatic carbocycles. The van der Waals surface area contributed by atoms with Crippen LogP contribution in [0.4, 0.5) is 20.2 Å². The van der Waals surface area contributed by atoms with E-state index in [0.29, 0.717) is 0 Å². The lowest BCUT2D eigenvalue weighted by Gasteiger charge is -2.15. The molecule has 0 spiro atoms. The first-order valence-corrected chi connectivity index (χ1v) is 5.42. The van der Waals surface area contributed by atoms with Crippen molar-refractivity contribution in [2.75, 3.05) is 19.0 Å². The van der Waals surface area contributed by atoms with E-state index in [1.807, 2.05) is 0 Å². The largest absolute Gasteiger partial charge is 0.479 e. The van der Waals surface area contributed by atoms with Gasteiger partial charge in [0.1, 0.15) is 0 Å². The molecular weight excluding hydrogens is 278 g/mol. The van der Waals surface area contributed by atoms with Crippen molar-refractivity contribution >= 4 is 17.3 Å². The zero-order valence-corrected chi connectivity index (χ0v) is 10.4. The summed E-state index contributed by atoms with van der Waals surface area (Å²) in [6.07, 6.45) is -4.14. The molecule has 1 aromatic rings. The molecule has 1 unspecified atom stereocenters. The molecule has 1 aromatic carbocycles. The average molecular weight is 290 g/mol. The first kappa shape index (κ1) is 15.8. The maximum Gasteiger partial charge on any atom is 0.334 e. The maximum absolute atomic E-state index is 12.8. The predicted octanol–water partition coefficient (Wildman–Crippen LogP) is 2.04. The number of nitrogens with one attached hydrogen (secondary N) is 1. The topological polar surface area (TPSA) is 102 Å². The number of aliphatic carboxylic acids is 1. The number of ether oxygens (including phenoxy) is 1. The third-order valence-corrected chi connectivity index (χ3v) is 2.52. The molecule has 0 amide bonds. The Morgan fingerprint density at radius 3 is 2.65 bits per heavy atom. The van der Waals surface area contributed by atoms with Crippen LogP contribution in [0.5, 0.6) is 0 Å². The molecule has 0 saturated carbocycles. The molecule has 9 heteroatoms. The van der Waals surface area contributed by atoms with Crippen molar-refractivity contribution in [1.82, 2.24) is 0 Å². The molecular formula is C11H12F2N2O5. The highest BCUT2D eigenvalue weighted by Gasteiger charge is 2.20. The van der Waals surface area contributed by atoms with Crippen molar-refractivity contribution in [1.29, 1.82) is 0 Å². The van der Waals surface area contributed by atoms with E-state index in [1.165, 1.54) is 7.11 Å². The summed E-state index contributed by atoms with van der Waals surface area (Å²) in [7, 11) is 1.17. The molecule has 0 saturated heterocycles. The second-order valence-electron chi connectivity index (χ2n) is 3.77. The normalized spacial score (nSPS) is 12.2. The second-order valence-corrected chi connectivity index (χ2v) is 3.77. The number of carbonyl (C=O) groups is 1. The number of halogens is 2. The van der Waals surface area contributed by atoms with Gasteiger partial charge in [-0.25, -0.2) is 13.6 Å². The fourth-order valence-corrected chi connectivity index (χ4v) is 1.48. The van der Waals surface area contributed by atoms with Crippen molar-refractivity contribution in [3.8, 4) is 0 Å². The van der Waals surface area contributed by atoms with E-state index in [-0.39, 0.29) is 12.2 Å². The number of nitro groups is 1. The van der Waals surface area contributed by atoms with Gasteiger partial charge in [0, 0.05) is 30.5 Å². The lowest BCUT2D eigenvalue weighted by atomic mass is 10.1. The van der Waals surface area contributed by atoms with Crippen molar-refractivity contribution in [2.45, 2.75) is 12.5 Å². The number of benzene rings is 1. The van der Waals surface area contributed by atoms with E-state index < -0.39 is 34.7 Å². The summed E-state index contributed by atoms with van der Waals surface area (Å²) >= 11 is 0. The third-order valence-electron chi connectivity index (χ3n) is 2.52. The van der Waals surface area contributed by atoms with Crippen LogP contribution in [0.1, 0.15) is 12.0 Å². The Morgan fingerprint density at radius 2 is 2.20 bits per heavy atom. The van der Waals surface area contributed by atoms with Gasteiger partial charge in [0.25, 0.3) is 12.1 Å². The standard InChI is InChI=1S/C11H12F2N2O5/c1-20-9(11(16)17)5-14-8-3-2-6(15(18)19)4-7(8)10(12)13/h2-4,9-10,14H,5H2,1H3,(H,16,17). The van der Waals surface area contributed by atoms with E-state index in [4.69, 9.17) is 5.11 Å². The first-order valence-electron chi connectivity index (χ1n) is 5.42. The van der Waals surface area contributed by atoms with E-state index in [9.17, 15) is 23.7 Å². The van der Waals surface area contributed by atoms with Crippen LogP contribution in [0, 0.1) is 10.1 Å². The Labute approximate surface area is 112 Å². The van der Waals surface area contributed by atoms with Crippen LogP contribution < -0.4 is 5.32 Å². The lowest BCUT2D eigenvalue weighted by molar-refractivity contribution is -0.385. The van der Waals surface area contributed by atoms with Gasteiger partial charge in [-0.1, -0.05) is 0 Å². The predicted molar refractivity (Wildman–Crippen MR) is 65.0 cm³/mol. The first-order chi connectivity index (χ1) is 9.36. The molecule has 2 N–H and O–H groups in total. The zero-order chi connectivity index (χ0) is 15.3. The minimum atomic E-state index is -2.93. The highest BCUT2D eigenvalue weighted by molar-refractivity contribution is 5.73. The van der Waals surface area contributed by atoms with E-state index in [2.05, 4.69) is 10.1 Å². The zero-order valence-electron chi connectivity index (χ0n) is 10.4. The van der Waals surface area contributed by atoms with Crippen LogP contribution >= 0.6 is 0 Å². The molecule has 0 radical (unpaired) electrons. The molecule has 7 nitrogen and oxygen atoms in total. The Hall–Kier alpha value is -2.29. The van der Waals surface area contributed by atoms with Crippen molar-refractivity contribution in [3.05, 3.63) is 33.9 Å². The summed E-state index contributed by atoms with van der Waals surface area (Å²) < 4.78 is 30.3. The van der Waals surface area contributed by atoms with Gasteiger partial charge in [-0.3, -0.25) is 10.1 Å². The van der Waals surface area contributed by atoms with Gasteiger partial charge < -0.3 is 15.2 Å². The quantitative estimate of drug-likeness (QED) is 0.588. The summed E-state index contributed by atoms with van der Waals surface area (Å²) in [5, 5.41) is 21.8. The molecule has 0 bridgehead atoms. The number of carboxylic acid groups (broad SMARTS) is 1. The van der Waals surface area contributed by atoms with Crippen molar-refractivity contribution in [3.63, 3.8) is 0 Å². The monoisotopic (exact) mass is 290 g/mol. The van der Waals surface area contributed by atoms with Crippen molar-refractivity contribution < 1.29 is 28.3 Å². The molecule has 1 rings (SSSR count). The Bertz CT molecular complexity index is 510. The number of anilines is 1. The number of nitro benzene ring substituents is 1. The molecule has 0 aliphatic rings. The summed E-state index contributed by atoms with van der Waals surface area (Å²) in [5.74, 6) is -1.25. The molecule has 0 aliphatic heterocycles. The van der Waals surface area contributed by atoms with Gasteiger partial charge in [0.15, 0.2) is 6.10 Å². The fraction of sp³-hybridized carbons (Fsp3) is 0.364. The molecule has 110 valence electrons. The molecule has 1 atom stereocenters. The summed E-state index contributed by atoms with van der Waals surface area (Å²) in [6, 6.07) is 2.90. The molecule has 20 heavy (non-hydrogen) atoms. The molecule has 0 aromatic heterocycles. The van der Waals surface area contributed by atoms with E-state index >= 15 is 0 Å². The Kier molecular flexibility index (Phi) is 5.32. The van der Waals surface area contributed by atoms with Crippen LogP contribution in [0.3, 0.4) is 0 Å². The SMILES string of the molecule is COC(CNc1ccc([N+](=O)[O-])cc1C(F)F)C(=O)O. The van der Waals surface area contributed by atoms with E-state index in [1.54, 1.807) is 0 Å². The summed E-state index contributed by atoms with van der Waals surface area (Å²) in [4.78, 5) is 20.5. The number of hydrogen-bond acceptors (Lipinski definition) is 5. The second kappa shape index (κ2) is 6.75. The van der Waals surface area contributed by atoms with Gasteiger partial charge in [0.2, 0.25) is 0 Å². The minimum absolute atomic E-state index is 0.0751. The van der Waals surface area contributed by atoms with Gasteiger partial charge in [0.05, 0.1) is 11.5 Å². The maximum atomic E-state index is 12.8. The third kappa shape index (κ3) is 3.85. The highest BCUT2D eigenvalue weighted by atomic mass is 19.3. The molecule has 0 heterocycles. The Morgan fingerprint density at radius 1 is 1.55 bits per heavy atom. The number of rotatable bonds is 7. The summed E-state index contributed by atoms with van der Waals surface area (Å²) in [6.45, 7) is -0.247. The van der Waals surface area contributed by atoms with Gasteiger partial charge in [-0.15, -0.1) is 0 Å². The van der Waals surface area contributed by atoms with Crippen molar-refractivity contribution in [2.24, 2.45) is 0 Å². The van der Waals surface area contributed by atoms with Crippen LogP contribution in [0.15, 0.2) is 18.2 Å². The summed E-state index contributed by atoms with van der Waals surface area (Å²) in [5.41, 5.74) is -1.11. The minimum Gasteiger partial charge on any atom is -0.479 e. The number of alkyl halides is 2. The lowest BCUT2D eigenvalue weighted by Crippen LogP contribution is -2.30. The van der Waals surface area contributed by atoms with Gasteiger partial charge in [-0.05, 0) is 6.07 Å². The fourth-order valence-electron chi connectivity index (χ4n) is 1.48. The molecule has 0 fully saturated rings. The average Bonchev–Trinajstić information content (AvgIpc) is 2.38. The number of hydrogen-bond donors (Lipinski definition) is 2. The Balaban J connectivity index is 2.94.